The highest BCUT2D eigenvalue weighted by Gasteiger charge is 2.31. The highest BCUT2D eigenvalue weighted by atomic mass is 35.5. The molecule has 0 N–H and O–H groups in total. The van der Waals surface area contributed by atoms with Crippen LogP contribution in [0.1, 0.15) is 23.7 Å². The van der Waals surface area contributed by atoms with Crippen LogP contribution < -0.4 is 9.64 Å². The van der Waals surface area contributed by atoms with Gasteiger partial charge in [-0.2, -0.15) is 13.2 Å². The molecule has 3 rings (SSSR count). The predicted octanol–water partition coefficient (Wildman–Crippen LogP) is 5.93. The van der Waals surface area contributed by atoms with Crippen molar-refractivity contribution in [1.82, 2.24) is 4.98 Å². The summed E-state index contributed by atoms with van der Waals surface area (Å²) < 4.78 is 49.7. The van der Waals surface area contributed by atoms with Crippen molar-refractivity contribution in [2.24, 2.45) is 0 Å². The molecule has 1 heterocycles. The quantitative estimate of drug-likeness (QED) is 0.378. The first-order valence-corrected chi connectivity index (χ1v) is 10.8. The summed E-state index contributed by atoms with van der Waals surface area (Å²) in [4.78, 5) is 29.4. The molecule has 0 aliphatic rings. The molecule has 174 valence electrons. The van der Waals surface area contributed by atoms with Crippen LogP contribution in [0.3, 0.4) is 0 Å². The van der Waals surface area contributed by atoms with Crippen molar-refractivity contribution in [2.45, 2.75) is 26.6 Å². The first-order valence-electron chi connectivity index (χ1n) is 9.51. The van der Waals surface area contributed by atoms with Gasteiger partial charge in [0.25, 0.3) is 0 Å². The van der Waals surface area contributed by atoms with Crippen LogP contribution in [0.4, 0.5) is 24.0 Å². The average molecular weight is 499 g/mol. The van der Waals surface area contributed by atoms with Gasteiger partial charge in [0.1, 0.15) is 12.4 Å². The number of hydrogen-bond acceptors (Lipinski definition) is 6. The van der Waals surface area contributed by atoms with Gasteiger partial charge in [-0.3, -0.25) is 9.69 Å². The van der Waals surface area contributed by atoms with Gasteiger partial charge < -0.3 is 9.47 Å². The molecule has 11 heteroatoms. The highest BCUT2D eigenvalue weighted by Crippen LogP contribution is 2.35. The number of esters is 1. The van der Waals surface area contributed by atoms with E-state index < -0.39 is 23.6 Å². The molecule has 0 bridgehead atoms. The fourth-order valence-corrected chi connectivity index (χ4v) is 3.92. The summed E-state index contributed by atoms with van der Waals surface area (Å²) in [6.45, 7) is 2.49. The Morgan fingerprint density at radius 1 is 1.18 bits per heavy atom. The molecular weight excluding hydrogens is 481 g/mol. The summed E-state index contributed by atoms with van der Waals surface area (Å²) in [5.41, 5.74) is 0.248. The fraction of sp³-hybridized carbons (Fsp3) is 0.227. The van der Waals surface area contributed by atoms with Crippen molar-refractivity contribution in [3.05, 3.63) is 69.7 Å². The summed E-state index contributed by atoms with van der Waals surface area (Å²) in [7, 11) is 0. The number of amides is 1. The van der Waals surface area contributed by atoms with Crippen molar-refractivity contribution in [1.29, 1.82) is 0 Å². The SMILES string of the molecule is CC(=O)N(c1cccc(C(F)(F)F)c1)c1nc(COC(=O)COc2ccc(Cl)cc2C)cs1. The molecule has 0 aliphatic carbocycles. The summed E-state index contributed by atoms with van der Waals surface area (Å²) in [5.74, 6) is -0.662. The number of nitrogens with zero attached hydrogens (tertiary/aromatic N) is 2. The van der Waals surface area contributed by atoms with E-state index in [1.54, 1.807) is 30.5 Å². The lowest BCUT2D eigenvalue weighted by molar-refractivity contribution is -0.147. The Morgan fingerprint density at radius 2 is 1.94 bits per heavy atom. The van der Waals surface area contributed by atoms with E-state index in [0.29, 0.717) is 16.5 Å². The van der Waals surface area contributed by atoms with Crippen LogP contribution in [0.5, 0.6) is 5.75 Å². The molecule has 6 nitrogen and oxygen atoms in total. The largest absolute Gasteiger partial charge is 0.482 e. The molecule has 0 atom stereocenters. The monoisotopic (exact) mass is 498 g/mol. The number of ether oxygens (including phenoxy) is 2. The van der Waals surface area contributed by atoms with Crippen molar-refractivity contribution in [3.63, 3.8) is 0 Å². The van der Waals surface area contributed by atoms with Crippen molar-refractivity contribution in [2.75, 3.05) is 11.5 Å². The van der Waals surface area contributed by atoms with Crippen LogP contribution in [0.25, 0.3) is 0 Å². The third kappa shape index (κ3) is 6.45. The number of hydrogen-bond donors (Lipinski definition) is 0. The molecule has 2 aromatic carbocycles. The zero-order valence-corrected chi connectivity index (χ0v) is 19.1. The average Bonchev–Trinajstić information content (AvgIpc) is 3.19. The number of halogens is 4. The van der Waals surface area contributed by atoms with E-state index in [0.717, 1.165) is 33.9 Å². The molecule has 0 saturated heterocycles. The van der Waals surface area contributed by atoms with Gasteiger partial charge in [-0.1, -0.05) is 17.7 Å². The van der Waals surface area contributed by atoms with Gasteiger partial charge in [0.2, 0.25) is 5.91 Å². The summed E-state index contributed by atoms with van der Waals surface area (Å²) in [5, 5.41) is 2.25. The molecular formula is C22H18ClF3N2O4S. The lowest BCUT2D eigenvalue weighted by Gasteiger charge is -2.19. The highest BCUT2D eigenvalue weighted by molar-refractivity contribution is 7.14. The van der Waals surface area contributed by atoms with Gasteiger partial charge in [-0.15, -0.1) is 11.3 Å². The van der Waals surface area contributed by atoms with E-state index in [-0.39, 0.29) is 24.0 Å². The van der Waals surface area contributed by atoms with Gasteiger partial charge in [0.05, 0.1) is 16.9 Å². The maximum absolute atomic E-state index is 13.0. The molecule has 0 fully saturated rings. The van der Waals surface area contributed by atoms with Crippen LogP contribution in [-0.2, 0) is 27.1 Å². The second-order valence-corrected chi connectivity index (χ2v) is 8.16. The maximum atomic E-state index is 13.0. The first kappa shape index (κ1) is 24.5. The second-order valence-electron chi connectivity index (χ2n) is 6.88. The molecule has 1 amide bonds. The number of aryl methyl sites for hydroxylation is 1. The summed E-state index contributed by atoms with van der Waals surface area (Å²) in [6.07, 6.45) is -4.55. The van der Waals surface area contributed by atoms with E-state index in [2.05, 4.69) is 4.98 Å². The zero-order valence-electron chi connectivity index (χ0n) is 17.5. The van der Waals surface area contributed by atoms with Gasteiger partial charge in [-0.05, 0) is 48.9 Å². The number of anilines is 2. The molecule has 33 heavy (non-hydrogen) atoms. The van der Waals surface area contributed by atoms with E-state index in [4.69, 9.17) is 21.1 Å². The lowest BCUT2D eigenvalue weighted by atomic mass is 10.2. The number of rotatable bonds is 7. The van der Waals surface area contributed by atoms with Crippen LogP contribution in [-0.4, -0.2) is 23.5 Å². The van der Waals surface area contributed by atoms with Gasteiger partial charge in [-0.25, -0.2) is 9.78 Å². The normalized spacial score (nSPS) is 11.2. The smallest absolute Gasteiger partial charge is 0.416 e. The Bertz CT molecular complexity index is 1170. The van der Waals surface area contributed by atoms with Gasteiger partial charge in [0.15, 0.2) is 11.7 Å². The number of aromatic nitrogens is 1. The fourth-order valence-electron chi connectivity index (χ4n) is 2.82. The van der Waals surface area contributed by atoms with Crippen molar-refractivity contribution in [3.8, 4) is 5.75 Å². The van der Waals surface area contributed by atoms with E-state index in [1.165, 1.54) is 19.1 Å². The summed E-state index contributed by atoms with van der Waals surface area (Å²) >= 11 is 6.92. The number of benzene rings is 2. The second kappa shape index (κ2) is 10.2. The Kier molecular flexibility index (Phi) is 7.60. The number of thiazole rings is 1. The Hall–Kier alpha value is -3.11. The Balaban J connectivity index is 1.64. The van der Waals surface area contributed by atoms with Gasteiger partial charge >= 0.3 is 12.1 Å². The topological polar surface area (TPSA) is 68.7 Å². The van der Waals surface area contributed by atoms with Crippen LogP contribution in [0.15, 0.2) is 47.8 Å². The lowest BCUT2D eigenvalue weighted by Crippen LogP contribution is -2.23. The van der Waals surface area contributed by atoms with Crippen LogP contribution >= 0.6 is 22.9 Å². The standard InChI is InChI=1S/C22H18ClF3N2O4S/c1-13-8-16(23)6-7-19(13)31-11-20(30)32-10-17-12-33-21(27-17)28(14(2)29)18-5-3-4-15(9-18)22(24,25)26/h3-9,12H,10-11H2,1-2H3. The molecule has 1 aromatic heterocycles. The molecule has 3 aromatic rings. The molecule has 0 radical (unpaired) electrons. The molecule has 0 saturated carbocycles. The van der Waals surface area contributed by atoms with Gasteiger partial charge in [0, 0.05) is 17.3 Å². The van der Waals surface area contributed by atoms with E-state index >= 15 is 0 Å². The maximum Gasteiger partial charge on any atom is 0.416 e. The zero-order chi connectivity index (χ0) is 24.2. The minimum atomic E-state index is -4.55. The summed E-state index contributed by atoms with van der Waals surface area (Å²) in [6, 6.07) is 9.37. The first-order chi connectivity index (χ1) is 15.5. The van der Waals surface area contributed by atoms with Crippen LogP contribution in [0.2, 0.25) is 5.02 Å². The Labute approximate surface area is 196 Å². The van der Waals surface area contributed by atoms with Crippen molar-refractivity contribution < 1.29 is 32.2 Å². The van der Waals surface area contributed by atoms with Crippen LogP contribution in [0, 0.1) is 6.92 Å². The number of alkyl halides is 3. The predicted molar refractivity (Wildman–Crippen MR) is 118 cm³/mol. The molecule has 0 spiro atoms. The third-order valence-electron chi connectivity index (χ3n) is 4.34. The van der Waals surface area contributed by atoms with Crippen molar-refractivity contribution >= 4 is 45.6 Å². The third-order valence-corrected chi connectivity index (χ3v) is 5.45. The van der Waals surface area contributed by atoms with E-state index in [9.17, 15) is 22.8 Å². The minimum absolute atomic E-state index is 0.0296. The minimum Gasteiger partial charge on any atom is -0.482 e. The molecule has 0 aliphatic heterocycles. The Morgan fingerprint density at radius 3 is 2.61 bits per heavy atom. The number of carbonyl (C=O) groups is 2. The van der Waals surface area contributed by atoms with E-state index in [1.807, 2.05) is 0 Å². The molecule has 0 unspecified atom stereocenters. The number of carbonyl (C=O) groups excluding carboxylic acids is 2.